The highest BCUT2D eigenvalue weighted by molar-refractivity contribution is 5.72. The third-order valence-electron chi connectivity index (χ3n) is 2.62. The molecule has 2 aromatic rings. The number of rotatable bonds is 3. The van der Waals surface area contributed by atoms with Gasteiger partial charge in [0.05, 0.1) is 6.42 Å². The van der Waals surface area contributed by atoms with Crippen molar-refractivity contribution in [1.82, 2.24) is 0 Å². The minimum atomic E-state index is -1.09. The average Bonchev–Trinajstić information content (AvgIpc) is 2.40. The molecule has 0 aliphatic rings. The van der Waals surface area contributed by atoms with E-state index in [0.717, 1.165) is 6.07 Å². The molecular formula is C14H9F3O2. The molecule has 0 aliphatic carbocycles. The molecule has 0 atom stereocenters. The highest BCUT2D eigenvalue weighted by Crippen LogP contribution is 2.24. The van der Waals surface area contributed by atoms with E-state index in [1.165, 1.54) is 36.4 Å². The van der Waals surface area contributed by atoms with E-state index in [-0.39, 0.29) is 12.0 Å². The molecule has 0 heterocycles. The van der Waals surface area contributed by atoms with Gasteiger partial charge in [-0.05, 0) is 29.3 Å². The standard InChI is InChI=1S/C14H9F3O2/c15-11-4-2-10(3-5-11)12-6-1-9(7-13(12)16)8-14(18)19-17/h1-7H,8H2. The normalized spacial score (nSPS) is 10.3. The Morgan fingerprint density at radius 3 is 2.32 bits per heavy atom. The van der Waals surface area contributed by atoms with Crippen molar-refractivity contribution in [3.8, 4) is 11.1 Å². The molecule has 0 aromatic heterocycles. The number of halogens is 3. The topological polar surface area (TPSA) is 26.3 Å². The average molecular weight is 266 g/mol. The molecule has 0 saturated heterocycles. The molecule has 2 rings (SSSR count). The lowest BCUT2D eigenvalue weighted by molar-refractivity contribution is -0.182. The highest BCUT2D eigenvalue weighted by atomic mass is 19.3. The molecule has 19 heavy (non-hydrogen) atoms. The number of hydrogen-bond acceptors (Lipinski definition) is 2. The van der Waals surface area contributed by atoms with Crippen LogP contribution in [0.5, 0.6) is 0 Å². The van der Waals surface area contributed by atoms with Gasteiger partial charge in [-0.15, -0.1) is 0 Å². The van der Waals surface area contributed by atoms with Crippen LogP contribution < -0.4 is 0 Å². The predicted molar refractivity (Wildman–Crippen MR) is 62.7 cm³/mol. The maximum atomic E-state index is 13.9. The monoisotopic (exact) mass is 266 g/mol. The van der Waals surface area contributed by atoms with Gasteiger partial charge in [-0.2, -0.15) is 0 Å². The lowest BCUT2D eigenvalue weighted by Gasteiger charge is -2.05. The van der Waals surface area contributed by atoms with Crippen molar-refractivity contribution in [1.29, 1.82) is 0 Å². The largest absolute Gasteiger partial charge is 0.353 e. The molecule has 2 nitrogen and oxygen atoms in total. The van der Waals surface area contributed by atoms with E-state index in [9.17, 15) is 18.1 Å². The van der Waals surface area contributed by atoms with Gasteiger partial charge in [0.25, 0.3) is 0 Å². The fraction of sp³-hybridized carbons (Fsp3) is 0.0714. The summed E-state index contributed by atoms with van der Waals surface area (Å²) in [6, 6.07) is 9.40. The zero-order valence-electron chi connectivity index (χ0n) is 9.70. The van der Waals surface area contributed by atoms with Crippen molar-refractivity contribution in [3.05, 3.63) is 59.7 Å². The van der Waals surface area contributed by atoms with Crippen LogP contribution in [-0.2, 0) is 16.2 Å². The van der Waals surface area contributed by atoms with Crippen LogP contribution in [0.25, 0.3) is 11.1 Å². The van der Waals surface area contributed by atoms with E-state index in [1.54, 1.807) is 0 Å². The van der Waals surface area contributed by atoms with Gasteiger partial charge in [-0.3, -0.25) is 4.94 Å². The molecule has 0 amide bonds. The van der Waals surface area contributed by atoms with Gasteiger partial charge in [0.2, 0.25) is 0 Å². The van der Waals surface area contributed by atoms with Crippen LogP contribution in [0.15, 0.2) is 42.5 Å². The van der Waals surface area contributed by atoms with Crippen LogP contribution in [0.1, 0.15) is 5.56 Å². The Kier molecular flexibility index (Phi) is 3.85. The first-order chi connectivity index (χ1) is 9.10. The lowest BCUT2D eigenvalue weighted by atomic mass is 10.0. The van der Waals surface area contributed by atoms with Crippen LogP contribution in [0.3, 0.4) is 0 Å². The zero-order chi connectivity index (χ0) is 13.8. The number of carbonyl (C=O) groups excluding carboxylic acids is 1. The Bertz CT molecular complexity index is 594. The van der Waals surface area contributed by atoms with E-state index in [1.807, 2.05) is 0 Å². The van der Waals surface area contributed by atoms with Crippen molar-refractivity contribution in [3.63, 3.8) is 0 Å². The first-order valence-electron chi connectivity index (χ1n) is 5.46. The molecule has 0 radical (unpaired) electrons. The summed E-state index contributed by atoms with van der Waals surface area (Å²) in [5.41, 5.74) is 1.09. The van der Waals surface area contributed by atoms with Gasteiger partial charge in [0, 0.05) is 10.1 Å². The van der Waals surface area contributed by atoms with Crippen LogP contribution in [0.2, 0.25) is 0 Å². The van der Waals surface area contributed by atoms with Crippen LogP contribution >= 0.6 is 0 Å². The van der Waals surface area contributed by atoms with E-state index in [4.69, 9.17) is 0 Å². The molecule has 0 bridgehead atoms. The van der Waals surface area contributed by atoms with Crippen LogP contribution in [0, 0.1) is 11.6 Å². The van der Waals surface area contributed by atoms with Gasteiger partial charge < -0.3 is 0 Å². The summed E-state index contributed by atoms with van der Waals surface area (Å²) in [5.74, 6) is -2.07. The molecule has 0 unspecified atom stereocenters. The van der Waals surface area contributed by atoms with Gasteiger partial charge in [0.15, 0.2) is 0 Å². The Balaban J connectivity index is 2.29. The first kappa shape index (κ1) is 13.1. The van der Waals surface area contributed by atoms with E-state index in [2.05, 4.69) is 4.94 Å². The van der Waals surface area contributed by atoms with Crippen molar-refractivity contribution >= 4 is 5.97 Å². The first-order valence-corrected chi connectivity index (χ1v) is 5.46. The van der Waals surface area contributed by atoms with Gasteiger partial charge >= 0.3 is 5.97 Å². The Morgan fingerprint density at radius 1 is 1.05 bits per heavy atom. The van der Waals surface area contributed by atoms with Crippen molar-refractivity contribution in [2.75, 3.05) is 0 Å². The summed E-state index contributed by atoms with van der Waals surface area (Å²) in [6.45, 7) is 0. The molecule has 2 aromatic carbocycles. The van der Waals surface area contributed by atoms with Gasteiger partial charge in [-0.25, -0.2) is 13.6 Å². The van der Waals surface area contributed by atoms with Crippen molar-refractivity contribution in [2.24, 2.45) is 0 Å². The molecule has 5 heteroatoms. The van der Waals surface area contributed by atoms with Gasteiger partial charge in [-0.1, -0.05) is 24.3 Å². The Hall–Kier alpha value is -2.30. The third kappa shape index (κ3) is 3.13. The van der Waals surface area contributed by atoms with E-state index in [0.29, 0.717) is 11.1 Å². The summed E-state index contributed by atoms with van der Waals surface area (Å²) < 4.78 is 38.2. The van der Waals surface area contributed by atoms with Crippen molar-refractivity contribution < 1.29 is 23.0 Å². The fourth-order valence-corrected chi connectivity index (χ4v) is 1.73. The van der Waals surface area contributed by atoms with Gasteiger partial charge in [0.1, 0.15) is 11.6 Å². The van der Waals surface area contributed by atoms with Crippen molar-refractivity contribution in [2.45, 2.75) is 6.42 Å². The molecule has 0 saturated carbocycles. The zero-order valence-corrected chi connectivity index (χ0v) is 9.70. The summed E-state index contributed by atoms with van der Waals surface area (Å²) >= 11 is 0. The van der Waals surface area contributed by atoms with E-state index < -0.39 is 17.6 Å². The second kappa shape index (κ2) is 5.56. The molecule has 0 N–H and O–H groups in total. The lowest BCUT2D eigenvalue weighted by Crippen LogP contribution is -2.02. The summed E-state index contributed by atoms with van der Waals surface area (Å²) in [6.07, 6.45) is -0.350. The molecule has 98 valence electrons. The van der Waals surface area contributed by atoms with Crippen LogP contribution in [-0.4, -0.2) is 5.97 Å². The van der Waals surface area contributed by atoms with Crippen LogP contribution in [0.4, 0.5) is 13.3 Å². The minimum absolute atomic E-state index is 0.275. The Labute approximate surface area is 107 Å². The third-order valence-corrected chi connectivity index (χ3v) is 2.62. The maximum absolute atomic E-state index is 13.9. The van der Waals surface area contributed by atoms with E-state index >= 15 is 0 Å². The summed E-state index contributed by atoms with van der Waals surface area (Å²) in [4.78, 5) is 13.7. The minimum Gasteiger partial charge on any atom is -0.255 e. The second-order valence-electron chi connectivity index (χ2n) is 3.95. The number of carbonyl (C=O) groups is 1. The molecule has 0 spiro atoms. The number of hydrogen-bond donors (Lipinski definition) is 0. The summed E-state index contributed by atoms with van der Waals surface area (Å²) in [7, 11) is 0. The second-order valence-corrected chi connectivity index (χ2v) is 3.95. The fourth-order valence-electron chi connectivity index (χ4n) is 1.73. The Morgan fingerprint density at radius 2 is 1.74 bits per heavy atom. The molecule has 0 fully saturated rings. The molecule has 0 aliphatic heterocycles. The smallest absolute Gasteiger partial charge is 0.255 e. The predicted octanol–water partition coefficient (Wildman–Crippen LogP) is 3.60. The molecular weight excluding hydrogens is 257 g/mol. The SMILES string of the molecule is O=C(Cc1ccc(-c2ccc(F)cc2)c(F)c1)OF. The quantitative estimate of drug-likeness (QED) is 0.848. The number of benzene rings is 2. The highest BCUT2D eigenvalue weighted by Gasteiger charge is 2.10. The summed E-state index contributed by atoms with van der Waals surface area (Å²) in [5, 5.41) is 0. The maximum Gasteiger partial charge on any atom is 0.353 e.